The van der Waals surface area contributed by atoms with E-state index in [1.807, 2.05) is 0 Å². The van der Waals surface area contributed by atoms with E-state index >= 15 is 0 Å². The van der Waals surface area contributed by atoms with Gasteiger partial charge >= 0.3 is 0 Å². The molecule has 0 saturated heterocycles. The highest BCUT2D eigenvalue weighted by atomic mass is 15.0. The van der Waals surface area contributed by atoms with E-state index < -0.39 is 0 Å². The Kier molecular flexibility index (Phi) is 6.93. The van der Waals surface area contributed by atoms with Crippen molar-refractivity contribution < 1.29 is 0 Å². The minimum Gasteiger partial charge on any atom is -0.309 e. The maximum atomic E-state index is 2.49. The highest BCUT2D eigenvalue weighted by Crippen LogP contribution is 2.45. The van der Waals surface area contributed by atoms with Crippen LogP contribution in [0.25, 0.3) is 105 Å². The Morgan fingerprint density at radius 2 is 0.719 bits per heavy atom. The molecule has 0 aliphatic heterocycles. The van der Waals surface area contributed by atoms with Crippen LogP contribution >= 0.6 is 0 Å². The Morgan fingerprint density at radius 3 is 1.42 bits per heavy atom. The standard InChI is InChI=1S/C54H35N3/c1-3-16-36(17-4-1)37-30-32-39(33-31-37)56-46-26-11-7-20-40(46)42-24-15-25-43(54(42)56)41-21-8-12-27-47(41)57-49-29-14-10-23-45(49)53-51(57)35-34-50-52(53)44-22-9-13-28-48(44)55(50)38-18-5-2-6-19-38/h1-35H. The van der Waals surface area contributed by atoms with Gasteiger partial charge < -0.3 is 13.7 Å². The second-order valence-corrected chi connectivity index (χ2v) is 14.9. The van der Waals surface area contributed by atoms with Crippen LogP contribution in [0.5, 0.6) is 0 Å². The fraction of sp³-hybridized carbons (Fsp3) is 0. The molecule has 0 aliphatic rings. The van der Waals surface area contributed by atoms with Crippen LogP contribution < -0.4 is 0 Å². The van der Waals surface area contributed by atoms with Crippen molar-refractivity contribution >= 4 is 65.4 Å². The van der Waals surface area contributed by atoms with Crippen LogP contribution in [-0.4, -0.2) is 13.7 Å². The van der Waals surface area contributed by atoms with E-state index in [-0.39, 0.29) is 0 Å². The van der Waals surface area contributed by atoms with Crippen molar-refractivity contribution in [3.63, 3.8) is 0 Å². The van der Waals surface area contributed by atoms with Crippen molar-refractivity contribution in [3.05, 3.63) is 212 Å². The Balaban J connectivity index is 1.14. The average Bonchev–Trinajstić information content (AvgIpc) is 3.93. The minimum atomic E-state index is 1.14. The lowest BCUT2D eigenvalue weighted by Gasteiger charge is -2.17. The first-order valence-corrected chi connectivity index (χ1v) is 19.6. The molecule has 0 radical (unpaired) electrons. The molecule has 0 amide bonds. The molecule has 0 saturated carbocycles. The SMILES string of the molecule is c1ccc(-c2ccc(-n3c4ccccc4c4cccc(-c5ccccc5-n5c6ccccc6c6c7c8ccccc8n(-c8ccccc8)c7ccc65)c43)cc2)cc1. The predicted molar refractivity (Wildman–Crippen MR) is 240 cm³/mol. The largest absolute Gasteiger partial charge is 0.309 e. The molecule has 57 heavy (non-hydrogen) atoms. The zero-order valence-electron chi connectivity index (χ0n) is 31.0. The Bertz CT molecular complexity index is 3490. The smallest absolute Gasteiger partial charge is 0.0620 e. The monoisotopic (exact) mass is 725 g/mol. The fourth-order valence-electron chi connectivity index (χ4n) is 9.47. The van der Waals surface area contributed by atoms with Gasteiger partial charge in [0.15, 0.2) is 0 Å². The van der Waals surface area contributed by atoms with Gasteiger partial charge in [0, 0.05) is 54.8 Å². The first kappa shape index (κ1) is 31.7. The Labute approximate surface area is 329 Å². The first-order chi connectivity index (χ1) is 28.3. The summed E-state index contributed by atoms with van der Waals surface area (Å²) in [5.74, 6) is 0. The van der Waals surface area contributed by atoms with Crippen LogP contribution in [0.1, 0.15) is 0 Å². The topological polar surface area (TPSA) is 14.8 Å². The number of nitrogens with zero attached hydrogens (tertiary/aromatic N) is 3. The van der Waals surface area contributed by atoms with Gasteiger partial charge in [-0.15, -0.1) is 0 Å². The normalized spacial score (nSPS) is 11.9. The van der Waals surface area contributed by atoms with Crippen LogP contribution in [0, 0.1) is 0 Å². The molecule has 12 aromatic rings. The lowest BCUT2D eigenvalue weighted by atomic mass is 9.99. The molecule has 3 heterocycles. The zero-order chi connectivity index (χ0) is 37.5. The van der Waals surface area contributed by atoms with Crippen LogP contribution in [-0.2, 0) is 0 Å². The number of aromatic nitrogens is 3. The first-order valence-electron chi connectivity index (χ1n) is 19.6. The third kappa shape index (κ3) is 4.66. The summed E-state index contributed by atoms with van der Waals surface area (Å²) in [7, 11) is 0. The third-order valence-electron chi connectivity index (χ3n) is 11.8. The number of para-hydroxylation sites is 6. The van der Waals surface area contributed by atoms with Crippen LogP contribution in [0.4, 0.5) is 0 Å². The lowest BCUT2D eigenvalue weighted by molar-refractivity contribution is 1.17. The van der Waals surface area contributed by atoms with E-state index in [2.05, 4.69) is 226 Å². The number of benzene rings is 9. The molecule has 3 aromatic heterocycles. The van der Waals surface area contributed by atoms with Gasteiger partial charge in [0.1, 0.15) is 0 Å². The lowest BCUT2D eigenvalue weighted by Crippen LogP contribution is -2.00. The van der Waals surface area contributed by atoms with Crippen molar-refractivity contribution in [2.75, 3.05) is 0 Å². The summed E-state index contributed by atoms with van der Waals surface area (Å²) in [6.45, 7) is 0. The van der Waals surface area contributed by atoms with Crippen LogP contribution in [0.15, 0.2) is 212 Å². The summed E-state index contributed by atoms with van der Waals surface area (Å²) < 4.78 is 7.37. The maximum absolute atomic E-state index is 2.49. The van der Waals surface area contributed by atoms with E-state index in [0.717, 1.165) is 17.1 Å². The number of hydrogen-bond acceptors (Lipinski definition) is 0. The fourth-order valence-corrected chi connectivity index (χ4v) is 9.47. The summed E-state index contributed by atoms with van der Waals surface area (Å²) in [4.78, 5) is 0. The van der Waals surface area contributed by atoms with Crippen molar-refractivity contribution in [2.24, 2.45) is 0 Å². The van der Waals surface area contributed by atoms with Gasteiger partial charge in [-0.1, -0.05) is 152 Å². The molecule has 0 N–H and O–H groups in total. The molecule has 266 valence electrons. The third-order valence-corrected chi connectivity index (χ3v) is 11.8. The summed E-state index contributed by atoms with van der Waals surface area (Å²) in [6, 6.07) is 77.3. The van der Waals surface area contributed by atoms with E-state index in [9.17, 15) is 0 Å². The second kappa shape index (κ2) is 12.5. The van der Waals surface area contributed by atoms with Gasteiger partial charge in [-0.05, 0) is 71.8 Å². The molecule has 0 aliphatic carbocycles. The minimum absolute atomic E-state index is 1.14. The highest BCUT2D eigenvalue weighted by Gasteiger charge is 2.23. The van der Waals surface area contributed by atoms with Crippen molar-refractivity contribution in [2.45, 2.75) is 0 Å². The Morgan fingerprint density at radius 1 is 0.246 bits per heavy atom. The second-order valence-electron chi connectivity index (χ2n) is 14.9. The van der Waals surface area contributed by atoms with Crippen molar-refractivity contribution in [3.8, 4) is 39.3 Å². The summed E-state index contributed by atoms with van der Waals surface area (Å²) in [5, 5.41) is 7.53. The van der Waals surface area contributed by atoms with E-state index in [0.29, 0.717) is 0 Å². The Hall–Kier alpha value is -7.62. The predicted octanol–water partition coefficient (Wildman–Crippen LogP) is 14.3. The molecule has 0 unspecified atom stereocenters. The zero-order valence-corrected chi connectivity index (χ0v) is 31.0. The van der Waals surface area contributed by atoms with E-state index in [1.54, 1.807) is 0 Å². The molecule has 9 aromatic carbocycles. The molecule has 3 nitrogen and oxygen atoms in total. The van der Waals surface area contributed by atoms with Gasteiger partial charge in [-0.25, -0.2) is 0 Å². The van der Waals surface area contributed by atoms with E-state index in [1.165, 1.54) is 87.7 Å². The van der Waals surface area contributed by atoms with Gasteiger partial charge in [0.05, 0.1) is 38.8 Å². The van der Waals surface area contributed by atoms with Gasteiger partial charge in [-0.2, -0.15) is 0 Å². The molecule has 3 heteroatoms. The van der Waals surface area contributed by atoms with Gasteiger partial charge in [0.25, 0.3) is 0 Å². The number of hydrogen-bond donors (Lipinski definition) is 0. The average molecular weight is 726 g/mol. The quantitative estimate of drug-likeness (QED) is 0.168. The molecule has 0 bridgehead atoms. The number of fused-ring (bicyclic) bond motifs is 10. The molecule has 12 rings (SSSR count). The molecule has 0 spiro atoms. The maximum Gasteiger partial charge on any atom is 0.0620 e. The van der Waals surface area contributed by atoms with E-state index in [4.69, 9.17) is 0 Å². The molecule has 0 atom stereocenters. The van der Waals surface area contributed by atoms with Gasteiger partial charge in [0.2, 0.25) is 0 Å². The molecular weight excluding hydrogens is 691 g/mol. The van der Waals surface area contributed by atoms with Crippen LogP contribution in [0.3, 0.4) is 0 Å². The summed E-state index contributed by atoms with van der Waals surface area (Å²) in [5.41, 5.74) is 15.4. The molecule has 0 fully saturated rings. The number of rotatable bonds is 5. The molecular formula is C54H35N3. The highest BCUT2D eigenvalue weighted by molar-refractivity contribution is 6.29. The van der Waals surface area contributed by atoms with Gasteiger partial charge in [-0.3, -0.25) is 0 Å². The van der Waals surface area contributed by atoms with Crippen molar-refractivity contribution in [1.29, 1.82) is 0 Å². The van der Waals surface area contributed by atoms with Crippen LogP contribution in [0.2, 0.25) is 0 Å². The summed E-state index contributed by atoms with van der Waals surface area (Å²) >= 11 is 0. The summed E-state index contributed by atoms with van der Waals surface area (Å²) in [6.07, 6.45) is 0. The van der Waals surface area contributed by atoms with Crippen molar-refractivity contribution in [1.82, 2.24) is 13.7 Å².